The average molecular weight is 306 g/mol. The van der Waals surface area contributed by atoms with Crippen molar-refractivity contribution in [3.63, 3.8) is 0 Å². The second-order valence-electron chi connectivity index (χ2n) is 5.12. The number of carbonyl (C=O) groups is 1. The lowest BCUT2D eigenvalue weighted by Crippen LogP contribution is -2.49. The number of fused-ring (bicyclic) bond motifs is 3. The number of methoxy groups -OCH3 is 2. The molecule has 0 aliphatic carbocycles. The van der Waals surface area contributed by atoms with Crippen LogP contribution in [-0.2, 0) is 6.42 Å². The fourth-order valence-corrected chi connectivity index (χ4v) is 3.04. The van der Waals surface area contributed by atoms with Crippen molar-refractivity contribution in [1.82, 2.24) is 9.80 Å². The van der Waals surface area contributed by atoms with Crippen LogP contribution < -0.4 is 9.47 Å². The Morgan fingerprint density at radius 1 is 1.24 bits per heavy atom. The Kier molecular flexibility index (Phi) is 3.49. The Bertz CT molecular complexity index is 630. The maximum Gasteiger partial charge on any atom is 0.325 e. The highest BCUT2D eigenvalue weighted by Gasteiger charge is 2.34. The minimum atomic E-state index is -0.220. The second-order valence-corrected chi connectivity index (χ2v) is 5.65. The first-order valence-corrected chi connectivity index (χ1v) is 7.28. The maximum atomic E-state index is 12.4. The summed E-state index contributed by atoms with van der Waals surface area (Å²) in [5.41, 5.74) is 3.08. The molecule has 2 aliphatic rings. The van der Waals surface area contributed by atoms with Crippen molar-refractivity contribution in [2.75, 3.05) is 27.8 Å². The zero-order valence-electron chi connectivity index (χ0n) is 12.3. The Morgan fingerprint density at radius 3 is 2.57 bits per heavy atom. The van der Waals surface area contributed by atoms with Gasteiger partial charge in [0, 0.05) is 19.2 Å². The topological polar surface area (TPSA) is 42.0 Å². The number of hydrogen-bond acceptors (Lipinski definition) is 4. The number of ether oxygens (including phenoxy) is 2. The summed E-state index contributed by atoms with van der Waals surface area (Å²) < 4.78 is 10.7. The van der Waals surface area contributed by atoms with Gasteiger partial charge >= 0.3 is 6.03 Å². The lowest BCUT2D eigenvalue weighted by atomic mass is 9.94. The first kappa shape index (κ1) is 14.1. The molecule has 0 bridgehead atoms. The minimum absolute atomic E-state index is 0.0204. The van der Waals surface area contributed by atoms with Gasteiger partial charge in [-0.05, 0) is 30.2 Å². The van der Waals surface area contributed by atoms with Crippen molar-refractivity contribution in [2.24, 2.45) is 0 Å². The van der Waals surface area contributed by atoms with Gasteiger partial charge in [0.2, 0.25) is 0 Å². The van der Waals surface area contributed by atoms with Crippen LogP contribution >= 0.6 is 12.6 Å². The number of rotatable bonds is 2. The Labute approximate surface area is 129 Å². The van der Waals surface area contributed by atoms with E-state index in [0.717, 1.165) is 23.2 Å². The first-order valence-electron chi connectivity index (χ1n) is 6.76. The van der Waals surface area contributed by atoms with E-state index in [1.54, 1.807) is 31.1 Å². The van der Waals surface area contributed by atoms with E-state index in [0.29, 0.717) is 18.0 Å². The summed E-state index contributed by atoms with van der Waals surface area (Å²) >= 11 is 4.46. The molecular weight excluding hydrogens is 288 g/mol. The van der Waals surface area contributed by atoms with E-state index in [-0.39, 0.29) is 11.4 Å². The van der Waals surface area contributed by atoms with Crippen LogP contribution in [0.4, 0.5) is 4.79 Å². The number of likely N-dealkylation sites (N-methyl/N-ethyl adjacent to an activating group) is 1. The van der Waals surface area contributed by atoms with Crippen LogP contribution in [0.2, 0.25) is 0 Å². The van der Waals surface area contributed by atoms with E-state index >= 15 is 0 Å². The van der Waals surface area contributed by atoms with Crippen molar-refractivity contribution in [2.45, 2.75) is 11.8 Å². The van der Waals surface area contributed by atoms with Crippen LogP contribution in [0.1, 0.15) is 11.1 Å². The van der Waals surface area contributed by atoms with E-state index in [9.17, 15) is 4.79 Å². The normalized spacial score (nSPS) is 20.7. The van der Waals surface area contributed by atoms with Gasteiger partial charge in [-0.25, -0.2) is 4.79 Å². The molecule has 2 amide bonds. The minimum Gasteiger partial charge on any atom is -0.493 e. The summed E-state index contributed by atoms with van der Waals surface area (Å²) in [4.78, 5) is 15.8. The number of amides is 2. The predicted molar refractivity (Wildman–Crippen MR) is 83.9 cm³/mol. The molecule has 1 atom stereocenters. The number of benzene rings is 1. The molecule has 0 saturated carbocycles. The average Bonchev–Trinajstić information content (AvgIpc) is 2.51. The zero-order chi connectivity index (χ0) is 15.1. The summed E-state index contributed by atoms with van der Waals surface area (Å²) in [6, 6.07) is 3.90. The van der Waals surface area contributed by atoms with Crippen LogP contribution in [0, 0.1) is 0 Å². The van der Waals surface area contributed by atoms with E-state index in [4.69, 9.17) is 9.47 Å². The zero-order valence-corrected chi connectivity index (χ0v) is 13.2. The summed E-state index contributed by atoms with van der Waals surface area (Å²) in [6.45, 7) is 0.665. The molecular formula is C15H18N2O3S. The standard InChI is InChI=1S/C15H18N2O3S/c1-16-14(21)8-11-10-7-13(20-3)12(19-2)6-9(10)4-5-17(11)15(16)18/h6-8,14,21H,4-5H2,1-3H3. The molecule has 21 heavy (non-hydrogen) atoms. The van der Waals surface area contributed by atoms with Gasteiger partial charge in [0.05, 0.1) is 25.3 Å². The van der Waals surface area contributed by atoms with E-state index in [2.05, 4.69) is 12.6 Å². The van der Waals surface area contributed by atoms with Crippen LogP contribution in [0.3, 0.4) is 0 Å². The van der Waals surface area contributed by atoms with E-state index in [1.165, 1.54) is 0 Å². The van der Waals surface area contributed by atoms with Gasteiger partial charge in [-0.3, -0.25) is 4.90 Å². The highest BCUT2D eigenvalue weighted by molar-refractivity contribution is 7.81. The number of nitrogens with zero attached hydrogens (tertiary/aromatic N) is 2. The summed E-state index contributed by atoms with van der Waals surface area (Å²) in [7, 11) is 5.00. The highest BCUT2D eigenvalue weighted by atomic mass is 32.1. The van der Waals surface area contributed by atoms with Gasteiger partial charge < -0.3 is 14.4 Å². The third-order valence-corrected chi connectivity index (χ3v) is 4.51. The van der Waals surface area contributed by atoms with Gasteiger partial charge in [0.25, 0.3) is 0 Å². The van der Waals surface area contributed by atoms with Crippen LogP contribution in [0.5, 0.6) is 11.5 Å². The van der Waals surface area contributed by atoms with Crippen molar-refractivity contribution in [1.29, 1.82) is 0 Å². The molecule has 6 heteroatoms. The summed E-state index contributed by atoms with van der Waals surface area (Å²) in [5.74, 6) is 1.38. The largest absolute Gasteiger partial charge is 0.493 e. The number of urea groups is 1. The molecule has 0 aromatic heterocycles. The van der Waals surface area contributed by atoms with Crippen LogP contribution in [-0.4, -0.2) is 49.0 Å². The van der Waals surface area contributed by atoms with Crippen LogP contribution in [0.25, 0.3) is 5.70 Å². The third-order valence-electron chi connectivity index (χ3n) is 4.02. The fourth-order valence-electron chi connectivity index (χ4n) is 2.80. The van der Waals surface area contributed by atoms with Gasteiger partial charge in [0.1, 0.15) is 0 Å². The molecule has 2 aliphatic heterocycles. The molecule has 1 unspecified atom stereocenters. The van der Waals surface area contributed by atoms with Crippen LogP contribution in [0.15, 0.2) is 18.2 Å². The van der Waals surface area contributed by atoms with Gasteiger partial charge in [0.15, 0.2) is 11.5 Å². The molecule has 2 heterocycles. The molecule has 0 radical (unpaired) electrons. The van der Waals surface area contributed by atoms with Gasteiger partial charge in [-0.1, -0.05) is 0 Å². The lowest BCUT2D eigenvalue weighted by molar-refractivity contribution is 0.178. The number of thiol groups is 1. The molecule has 5 nitrogen and oxygen atoms in total. The fraction of sp³-hybridized carbons (Fsp3) is 0.400. The van der Waals surface area contributed by atoms with E-state index in [1.807, 2.05) is 18.2 Å². The maximum absolute atomic E-state index is 12.4. The Hall–Kier alpha value is -1.82. The van der Waals surface area contributed by atoms with Crippen molar-refractivity contribution < 1.29 is 14.3 Å². The molecule has 1 aromatic carbocycles. The Balaban J connectivity index is 2.14. The lowest BCUT2D eigenvalue weighted by Gasteiger charge is -2.40. The quantitative estimate of drug-likeness (QED) is 0.852. The smallest absolute Gasteiger partial charge is 0.325 e. The number of carbonyl (C=O) groups excluding carboxylic acids is 1. The van der Waals surface area contributed by atoms with Crippen molar-refractivity contribution in [3.8, 4) is 11.5 Å². The van der Waals surface area contributed by atoms with Crippen molar-refractivity contribution >= 4 is 24.4 Å². The molecule has 112 valence electrons. The highest BCUT2D eigenvalue weighted by Crippen LogP contribution is 2.39. The van der Waals surface area contributed by atoms with Gasteiger partial charge in [-0.15, -0.1) is 0 Å². The first-order chi connectivity index (χ1) is 10.1. The molecule has 0 saturated heterocycles. The molecule has 0 spiro atoms. The molecule has 0 N–H and O–H groups in total. The Morgan fingerprint density at radius 2 is 1.90 bits per heavy atom. The second kappa shape index (κ2) is 5.18. The molecule has 0 fully saturated rings. The monoisotopic (exact) mass is 306 g/mol. The molecule has 1 aromatic rings. The SMILES string of the molecule is COc1cc2c(cc1OC)C1=CC(S)N(C)C(=O)N1CC2. The molecule has 3 rings (SSSR count). The van der Waals surface area contributed by atoms with E-state index < -0.39 is 0 Å². The third kappa shape index (κ3) is 2.14. The number of hydrogen-bond donors (Lipinski definition) is 1. The summed E-state index contributed by atoms with van der Waals surface area (Å²) in [6.07, 6.45) is 2.79. The predicted octanol–water partition coefficient (Wildman–Crippen LogP) is 2.22. The van der Waals surface area contributed by atoms with Gasteiger partial charge in [-0.2, -0.15) is 12.6 Å². The summed E-state index contributed by atoms with van der Waals surface area (Å²) in [5, 5.41) is -0.220. The van der Waals surface area contributed by atoms with Crippen molar-refractivity contribution in [3.05, 3.63) is 29.3 Å².